The van der Waals surface area contributed by atoms with Crippen LogP contribution in [0, 0.1) is 22.7 Å². The molecular formula is C16H22N4O. The van der Waals surface area contributed by atoms with Gasteiger partial charge in [0.25, 0.3) is 5.56 Å². The van der Waals surface area contributed by atoms with Gasteiger partial charge in [0.1, 0.15) is 0 Å². The van der Waals surface area contributed by atoms with Gasteiger partial charge in [-0.3, -0.25) is 4.79 Å². The molecule has 21 heavy (non-hydrogen) atoms. The molecule has 0 unspecified atom stereocenters. The molecule has 5 heteroatoms. The van der Waals surface area contributed by atoms with Crippen LogP contribution in [-0.2, 0) is 6.54 Å². The lowest BCUT2D eigenvalue weighted by Gasteiger charge is -2.31. The topological polar surface area (TPSA) is 61.9 Å². The first kappa shape index (κ1) is 14.1. The van der Waals surface area contributed by atoms with E-state index >= 15 is 0 Å². The minimum atomic E-state index is -0.0460. The highest BCUT2D eigenvalue weighted by Gasteiger charge is 2.43. The molecule has 1 saturated carbocycles. The van der Waals surface area contributed by atoms with Crippen molar-refractivity contribution in [1.29, 1.82) is 5.26 Å². The minimum absolute atomic E-state index is 0.00759. The van der Waals surface area contributed by atoms with E-state index in [9.17, 15) is 4.79 Å². The van der Waals surface area contributed by atoms with E-state index in [4.69, 9.17) is 5.26 Å². The lowest BCUT2D eigenvalue weighted by molar-refractivity contribution is 0.390. The Kier molecular flexibility index (Phi) is 3.71. The van der Waals surface area contributed by atoms with Crippen LogP contribution in [0.15, 0.2) is 17.1 Å². The molecule has 2 aliphatic rings. The number of piperidine rings is 1. The summed E-state index contributed by atoms with van der Waals surface area (Å²) < 4.78 is 1.53. The van der Waals surface area contributed by atoms with Crippen LogP contribution in [0.4, 0.5) is 5.69 Å². The predicted octanol–water partition coefficient (Wildman–Crippen LogP) is 2.17. The molecule has 2 fully saturated rings. The molecule has 3 rings (SSSR count). The highest BCUT2D eigenvalue weighted by Crippen LogP contribution is 2.49. The van der Waals surface area contributed by atoms with Crippen molar-refractivity contribution >= 4 is 5.69 Å². The van der Waals surface area contributed by atoms with Crippen LogP contribution >= 0.6 is 0 Å². The molecule has 1 aromatic rings. The van der Waals surface area contributed by atoms with E-state index in [2.05, 4.69) is 23.0 Å². The Hall–Kier alpha value is -1.83. The predicted molar refractivity (Wildman–Crippen MR) is 81.0 cm³/mol. The first-order valence-electron chi connectivity index (χ1n) is 7.81. The van der Waals surface area contributed by atoms with Crippen molar-refractivity contribution < 1.29 is 0 Å². The summed E-state index contributed by atoms with van der Waals surface area (Å²) in [4.78, 5) is 14.5. The van der Waals surface area contributed by atoms with Crippen molar-refractivity contribution in [2.24, 2.45) is 11.3 Å². The minimum Gasteiger partial charge on any atom is -0.370 e. The summed E-state index contributed by atoms with van der Waals surface area (Å²) in [6, 6.07) is 3.93. The number of nitriles is 1. The fraction of sp³-hybridized carbons (Fsp3) is 0.688. The number of rotatable bonds is 4. The van der Waals surface area contributed by atoms with E-state index in [0.717, 1.165) is 37.5 Å². The first-order valence-corrected chi connectivity index (χ1v) is 7.81. The largest absolute Gasteiger partial charge is 0.370 e. The van der Waals surface area contributed by atoms with E-state index in [0.29, 0.717) is 13.0 Å². The fourth-order valence-electron chi connectivity index (χ4n) is 3.04. The Bertz CT molecular complexity index is 603. The van der Waals surface area contributed by atoms with E-state index in [-0.39, 0.29) is 11.0 Å². The van der Waals surface area contributed by atoms with Gasteiger partial charge in [-0.15, -0.1) is 0 Å². The van der Waals surface area contributed by atoms with Crippen molar-refractivity contribution in [1.82, 2.24) is 9.78 Å². The van der Waals surface area contributed by atoms with Crippen LogP contribution in [0.25, 0.3) is 0 Å². The maximum Gasteiger partial charge on any atom is 0.268 e. The molecule has 5 nitrogen and oxygen atoms in total. The Labute approximate surface area is 125 Å². The second kappa shape index (κ2) is 5.51. The molecule has 2 heterocycles. The van der Waals surface area contributed by atoms with Crippen LogP contribution in [0.5, 0.6) is 0 Å². The Morgan fingerprint density at radius 3 is 2.71 bits per heavy atom. The van der Waals surface area contributed by atoms with Gasteiger partial charge in [0.05, 0.1) is 24.5 Å². The summed E-state index contributed by atoms with van der Waals surface area (Å²) in [5.74, 6) is 0.773. The zero-order valence-electron chi connectivity index (χ0n) is 12.6. The first-order chi connectivity index (χ1) is 10.1. The van der Waals surface area contributed by atoms with Crippen LogP contribution in [0.2, 0.25) is 0 Å². The van der Waals surface area contributed by atoms with Gasteiger partial charge in [-0.2, -0.15) is 10.4 Å². The number of hydrogen-bond donors (Lipinski definition) is 0. The average molecular weight is 286 g/mol. The van der Waals surface area contributed by atoms with E-state index in [1.165, 1.54) is 17.5 Å². The SMILES string of the molecule is CC1CCN(c2cnn(CC3(CC#N)CC3)c(=O)c2)CC1. The zero-order valence-corrected chi connectivity index (χ0v) is 12.6. The normalized spacial score (nSPS) is 21.0. The van der Waals surface area contributed by atoms with E-state index in [1.807, 2.05) is 0 Å². The van der Waals surface area contributed by atoms with Gasteiger partial charge >= 0.3 is 0 Å². The van der Waals surface area contributed by atoms with Gasteiger partial charge in [0.2, 0.25) is 0 Å². The lowest BCUT2D eigenvalue weighted by atomic mass is 9.99. The Morgan fingerprint density at radius 2 is 2.14 bits per heavy atom. The quantitative estimate of drug-likeness (QED) is 0.851. The Balaban J connectivity index is 1.72. The molecule has 0 N–H and O–H groups in total. The van der Waals surface area contributed by atoms with Crippen molar-refractivity contribution in [2.45, 2.75) is 45.6 Å². The summed E-state index contributed by atoms with van der Waals surface area (Å²) in [7, 11) is 0. The third kappa shape index (κ3) is 3.10. The molecule has 1 aliphatic carbocycles. The van der Waals surface area contributed by atoms with Crippen molar-refractivity contribution in [3.63, 3.8) is 0 Å². The fourth-order valence-corrected chi connectivity index (χ4v) is 3.04. The summed E-state index contributed by atoms with van der Waals surface area (Å²) in [5, 5.41) is 13.2. The summed E-state index contributed by atoms with van der Waals surface area (Å²) in [6.07, 6.45) is 6.73. The monoisotopic (exact) mass is 286 g/mol. The molecule has 1 aromatic heterocycles. The maximum absolute atomic E-state index is 12.2. The number of hydrogen-bond acceptors (Lipinski definition) is 4. The molecule has 1 aliphatic heterocycles. The molecule has 0 spiro atoms. The van der Waals surface area contributed by atoms with Crippen LogP contribution in [0.3, 0.4) is 0 Å². The Morgan fingerprint density at radius 1 is 1.43 bits per heavy atom. The van der Waals surface area contributed by atoms with Crippen molar-refractivity contribution in [3.8, 4) is 6.07 Å². The van der Waals surface area contributed by atoms with Gasteiger partial charge < -0.3 is 4.90 Å². The molecule has 1 saturated heterocycles. The van der Waals surface area contributed by atoms with Crippen molar-refractivity contribution in [2.75, 3.05) is 18.0 Å². The van der Waals surface area contributed by atoms with Crippen LogP contribution < -0.4 is 10.5 Å². The van der Waals surface area contributed by atoms with Gasteiger partial charge in [0.15, 0.2) is 0 Å². The second-order valence-electron chi connectivity index (χ2n) is 6.71. The van der Waals surface area contributed by atoms with Crippen LogP contribution in [-0.4, -0.2) is 22.9 Å². The van der Waals surface area contributed by atoms with E-state index in [1.54, 1.807) is 12.3 Å². The molecule has 0 amide bonds. The number of nitrogens with zero attached hydrogens (tertiary/aromatic N) is 4. The highest BCUT2D eigenvalue weighted by atomic mass is 16.1. The number of anilines is 1. The van der Waals surface area contributed by atoms with E-state index < -0.39 is 0 Å². The third-order valence-electron chi connectivity index (χ3n) is 4.90. The zero-order chi connectivity index (χ0) is 14.9. The average Bonchev–Trinajstić information content (AvgIpc) is 3.22. The molecule has 112 valence electrons. The summed E-state index contributed by atoms with van der Waals surface area (Å²) >= 11 is 0. The molecule has 0 radical (unpaired) electrons. The van der Waals surface area contributed by atoms with Crippen LogP contribution in [0.1, 0.15) is 39.0 Å². The molecule has 0 atom stereocenters. The second-order valence-corrected chi connectivity index (χ2v) is 6.71. The summed E-state index contributed by atoms with van der Waals surface area (Å²) in [5.41, 5.74) is 0.900. The summed E-state index contributed by atoms with van der Waals surface area (Å²) in [6.45, 7) is 4.86. The third-order valence-corrected chi connectivity index (χ3v) is 4.90. The lowest BCUT2D eigenvalue weighted by Crippen LogP contribution is -2.35. The smallest absolute Gasteiger partial charge is 0.268 e. The highest BCUT2D eigenvalue weighted by molar-refractivity contribution is 5.43. The molecular weight excluding hydrogens is 264 g/mol. The van der Waals surface area contributed by atoms with Gasteiger partial charge in [-0.1, -0.05) is 6.92 Å². The standard InChI is InChI=1S/C16H22N4O/c1-13-2-8-19(9-3-13)14-10-15(21)20(18-11-14)12-16(4-5-16)6-7-17/h10-11,13H,2-6,8-9,12H2,1H3. The number of aromatic nitrogens is 2. The molecule has 0 aromatic carbocycles. The van der Waals surface area contributed by atoms with Gasteiger partial charge in [0, 0.05) is 31.0 Å². The maximum atomic E-state index is 12.2. The van der Waals surface area contributed by atoms with Gasteiger partial charge in [-0.25, -0.2) is 4.68 Å². The van der Waals surface area contributed by atoms with Gasteiger partial charge in [-0.05, 0) is 31.6 Å². The van der Waals surface area contributed by atoms with Crippen molar-refractivity contribution in [3.05, 3.63) is 22.6 Å². The molecule has 0 bridgehead atoms.